The van der Waals surface area contributed by atoms with E-state index in [4.69, 9.17) is 4.74 Å². The highest BCUT2D eigenvalue weighted by molar-refractivity contribution is 6.99. The highest BCUT2D eigenvalue weighted by atomic mass is 32.1. The average Bonchev–Trinajstić information content (AvgIpc) is 2.97. The number of hydrogen-bond acceptors (Lipinski definition) is 5. The quantitative estimate of drug-likeness (QED) is 0.522. The van der Waals surface area contributed by atoms with E-state index >= 15 is 0 Å². The van der Waals surface area contributed by atoms with Gasteiger partial charge in [0.2, 0.25) is 0 Å². The largest absolute Gasteiger partial charge is 0.475 e. The van der Waals surface area contributed by atoms with Gasteiger partial charge in [-0.05, 0) is 25.5 Å². The Morgan fingerprint density at radius 1 is 1.12 bits per heavy atom. The molecule has 0 atom stereocenters. The maximum absolute atomic E-state index is 13.5. The van der Waals surface area contributed by atoms with E-state index in [1.807, 2.05) is 18.0 Å². The highest BCUT2D eigenvalue weighted by Crippen LogP contribution is 2.48. The number of hydrogen-bond donors (Lipinski definition) is 0. The molecule has 1 aliphatic rings. The number of alkyl halides is 7. The van der Waals surface area contributed by atoms with Crippen molar-refractivity contribution in [3.63, 3.8) is 0 Å². The number of halogens is 7. The van der Waals surface area contributed by atoms with Crippen LogP contribution in [-0.4, -0.2) is 58.4 Å². The molecule has 26 heavy (non-hydrogen) atoms. The smallest absolute Gasteiger partial charge is 0.431 e. The normalized spacial score (nSPS) is 17.3. The molecule has 2 rings (SSSR count). The lowest BCUT2D eigenvalue weighted by atomic mass is 9.98. The van der Waals surface area contributed by atoms with Crippen molar-refractivity contribution in [1.29, 1.82) is 0 Å². The SMILES string of the molecule is CN1CCC=C(c2nsnc2OCCCC(F)(C(F)(F)F)C(F)(F)F)C1. The summed E-state index contributed by atoms with van der Waals surface area (Å²) in [5.41, 5.74) is -4.05. The van der Waals surface area contributed by atoms with Crippen LogP contribution in [0.1, 0.15) is 25.0 Å². The van der Waals surface area contributed by atoms with Crippen LogP contribution in [0.25, 0.3) is 5.57 Å². The van der Waals surface area contributed by atoms with Gasteiger partial charge in [-0.1, -0.05) is 6.08 Å². The van der Waals surface area contributed by atoms with Crippen molar-refractivity contribution in [2.75, 3.05) is 26.7 Å². The molecule has 148 valence electrons. The Hall–Kier alpha value is -1.43. The zero-order valence-corrected chi connectivity index (χ0v) is 14.4. The molecule has 0 radical (unpaired) electrons. The third-order valence-electron chi connectivity index (χ3n) is 3.91. The Bertz CT molecular complexity index is 627. The van der Waals surface area contributed by atoms with Gasteiger partial charge in [-0.3, -0.25) is 0 Å². The molecule has 0 saturated carbocycles. The van der Waals surface area contributed by atoms with Crippen LogP contribution in [-0.2, 0) is 0 Å². The number of ether oxygens (including phenoxy) is 1. The second-order valence-electron chi connectivity index (χ2n) is 5.92. The van der Waals surface area contributed by atoms with E-state index < -0.39 is 37.5 Å². The average molecular weight is 407 g/mol. The zero-order chi connectivity index (χ0) is 19.6. The van der Waals surface area contributed by atoms with Gasteiger partial charge in [0.1, 0.15) is 5.69 Å². The molecule has 0 unspecified atom stereocenters. The lowest BCUT2D eigenvalue weighted by Crippen LogP contribution is -2.53. The first-order valence-electron chi connectivity index (χ1n) is 7.61. The Balaban J connectivity index is 1.97. The zero-order valence-electron chi connectivity index (χ0n) is 13.6. The maximum Gasteiger partial charge on any atom is 0.431 e. The third-order valence-corrected chi connectivity index (χ3v) is 4.42. The van der Waals surface area contributed by atoms with Crippen LogP contribution in [0, 0.1) is 0 Å². The third kappa shape index (κ3) is 4.45. The maximum atomic E-state index is 13.5. The molecule has 0 amide bonds. The Morgan fingerprint density at radius 2 is 1.77 bits per heavy atom. The van der Waals surface area contributed by atoms with Gasteiger partial charge in [0.15, 0.2) is 0 Å². The van der Waals surface area contributed by atoms with Gasteiger partial charge >= 0.3 is 12.4 Å². The molecule has 1 aromatic rings. The van der Waals surface area contributed by atoms with Crippen LogP contribution in [0.5, 0.6) is 5.88 Å². The van der Waals surface area contributed by atoms with Crippen LogP contribution in [0.15, 0.2) is 6.08 Å². The van der Waals surface area contributed by atoms with Crippen molar-refractivity contribution in [3.8, 4) is 5.88 Å². The first-order chi connectivity index (χ1) is 12.0. The minimum absolute atomic E-state index is 0.0278. The molecule has 0 saturated heterocycles. The van der Waals surface area contributed by atoms with Crippen molar-refractivity contribution in [2.24, 2.45) is 0 Å². The molecule has 0 spiro atoms. The Morgan fingerprint density at radius 3 is 2.35 bits per heavy atom. The summed E-state index contributed by atoms with van der Waals surface area (Å²) in [5.74, 6) is 0.0278. The molecule has 4 nitrogen and oxygen atoms in total. The minimum Gasteiger partial charge on any atom is -0.475 e. The first-order valence-corrected chi connectivity index (χ1v) is 8.34. The lowest BCUT2D eigenvalue weighted by molar-refractivity contribution is -0.343. The van der Waals surface area contributed by atoms with Crippen molar-refractivity contribution in [1.82, 2.24) is 13.6 Å². The van der Waals surface area contributed by atoms with Gasteiger partial charge in [-0.25, -0.2) is 4.39 Å². The monoisotopic (exact) mass is 407 g/mol. The summed E-state index contributed by atoms with van der Waals surface area (Å²) in [5, 5.41) is 0. The van der Waals surface area contributed by atoms with E-state index in [0.717, 1.165) is 30.3 Å². The lowest BCUT2D eigenvalue weighted by Gasteiger charge is -2.29. The predicted octanol–water partition coefficient (Wildman–Crippen LogP) is 4.25. The Kier molecular flexibility index (Phi) is 6.16. The molecule has 1 aliphatic heterocycles. The van der Waals surface area contributed by atoms with Gasteiger partial charge < -0.3 is 9.64 Å². The number of rotatable bonds is 6. The van der Waals surface area contributed by atoms with Crippen LogP contribution >= 0.6 is 11.7 Å². The number of nitrogens with zero attached hydrogens (tertiary/aromatic N) is 3. The predicted molar refractivity (Wildman–Crippen MR) is 80.7 cm³/mol. The van der Waals surface area contributed by atoms with E-state index in [2.05, 4.69) is 8.75 Å². The topological polar surface area (TPSA) is 38.2 Å². The molecular weight excluding hydrogens is 391 g/mol. The molecule has 0 N–H and O–H groups in total. The number of likely N-dealkylation sites (N-methyl/N-ethyl adjacent to an activating group) is 1. The van der Waals surface area contributed by atoms with E-state index in [0.29, 0.717) is 12.2 Å². The number of aromatic nitrogens is 2. The first kappa shape index (κ1) is 20.9. The van der Waals surface area contributed by atoms with E-state index in [1.54, 1.807) is 0 Å². The van der Waals surface area contributed by atoms with Crippen molar-refractivity contribution < 1.29 is 35.5 Å². The summed E-state index contributed by atoms with van der Waals surface area (Å²) in [7, 11) is 1.89. The van der Waals surface area contributed by atoms with Crippen LogP contribution in [0.3, 0.4) is 0 Å². The van der Waals surface area contributed by atoms with E-state index in [-0.39, 0.29) is 5.88 Å². The van der Waals surface area contributed by atoms with Gasteiger partial charge in [0, 0.05) is 19.5 Å². The molecule has 2 heterocycles. The second-order valence-corrected chi connectivity index (χ2v) is 6.45. The van der Waals surface area contributed by atoms with Gasteiger partial charge in [0.05, 0.1) is 18.3 Å². The van der Waals surface area contributed by atoms with E-state index in [9.17, 15) is 30.7 Å². The summed E-state index contributed by atoms with van der Waals surface area (Å²) < 4.78 is 101. The van der Waals surface area contributed by atoms with Crippen LogP contribution < -0.4 is 4.74 Å². The summed E-state index contributed by atoms with van der Waals surface area (Å²) in [6, 6.07) is 0. The summed E-state index contributed by atoms with van der Waals surface area (Å²) in [6.45, 7) is 0.877. The van der Waals surface area contributed by atoms with Gasteiger partial charge in [0.25, 0.3) is 11.5 Å². The fourth-order valence-electron chi connectivity index (χ4n) is 2.47. The standard InChI is InChI=1S/C14H16F7N3OS/c1-24-6-2-4-9(8-24)10-11(23-26-22-10)25-7-3-5-12(15,13(16,17)18)14(19,20)21/h4H,2-3,5-8H2,1H3. The summed E-state index contributed by atoms with van der Waals surface area (Å²) in [4.78, 5) is 2.02. The molecule has 0 aliphatic carbocycles. The fourth-order valence-corrected chi connectivity index (χ4v) is 3.00. The van der Waals surface area contributed by atoms with Gasteiger partial charge in [-0.15, -0.1) is 4.37 Å². The van der Waals surface area contributed by atoms with Crippen molar-refractivity contribution >= 4 is 17.3 Å². The van der Waals surface area contributed by atoms with Crippen molar-refractivity contribution in [3.05, 3.63) is 11.8 Å². The summed E-state index contributed by atoms with van der Waals surface area (Å²) >= 11 is 0.815. The second kappa shape index (κ2) is 7.67. The van der Waals surface area contributed by atoms with E-state index in [1.165, 1.54) is 0 Å². The minimum atomic E-state index is -6.05. The fraction of sp³-hybridized carbons (Fsp3) is 0.714. The van der Waals surface area contributed by atoms with Gasteiger partial charge in [-0.2, -0.15) is 30.7 Å². The molecule has 0 aromatic carbocycles. The molecule has 0 fully saturated rings. The molecule has 1 aromatic heterocycles. The van der Waals surface area contributed by atoms with Crippen LogP contribution in [0.4, 0.5) is 30.7 Å². The molecule has 0 bridgehead atoms. The highest BCUT2D eigenvalue weighted by Gasteiger charge is 2.71. The molecule has 12 heteroatoms. The Labute approximate surface area is 149 Å². The summed E-state index contributed by atoms with van der Waals surface area (Å²) in [6.07, 6.45) is -12.0. The van der Waals surface area contributed by atoms with Crippen molar-refractivity contribution in [2.45, 2.75) is 37.3 Å². The van der Waals surface area contributed by atoms with Crippen LogP contribution in [0.2, 0.25) is 0 Å². The molecular formula is C14H16F7N3OS.